The Morgan fingerprint density at radius 2 is 2.08 bits per heavy atom. The van der Waals surface area contributed by atoms with Gasteiger partial charge in [-0.1, -0.05) is 37.8 Å². The van der Waals surface area contributed by atoms with Crippen molar-refractivity contribution in [3.63, 3.8) is 0 Å². The first-order chi connectivity index (χ1) is 17.5. The van der Waals surface area contributed by atoms with Crippen molar-refractivity contribution >= 4 is 39.8 Å². The van der Waals surface area contributed by atoms with Gasteiger partial charge in [0.25, 0.3) is 0 Å². The Morgan fingerprint density at radius 1 is 1.25 bits per heavy atom. The van der Waals surface area contributed by atoms with Crippen LogP contribution in [0.2, 0.25) is 0 Å². The average molecular weight is 478 g/mol. The highest BCUT2D eigenvalue weighted by molar-refractivity contribution is 5.96. The van der Waals surface area contributed by atoms with E-state index in [9.17, 15) is 4.79 Å². The number of ketones is 1. The van der Waals surface area contributed by atoms with Crippen LogP contribution in [0.15, 0.2) is 61.3 Å². The van der Waals surface area contributed by atoms with E-state index in [1.807, 2.05) is 18.2 Å². The average Bonchev–Trinajstić information content (AvgIpc) is 3.37. The number of allylic oxidation sites excluding steroid dienone is 1. The Morgan fingerprint density at radius 3 is 2.86 bits per heavy atom. The van der Waals surface area contributed by atoms with Crippen LogP contribution in [0.1, 0.15) is 25.3 Å². The lowest BCUT2D eigenvalue weighted by Gasteiger charge is -2.32. The van der Waals surface area contributed by atoms with Gasteiger partial charge in [0.1, 0.15) is 0 Å². The van der Waals surface area contributed by atoms with Crippen molar-refractivity contribution in [2.45, 2.75) is 26.2 Å². The Bertz CT molecular complexity index is 1480. The number of anilines is 3. The van der Waals surface area contributed by atoms with Crippen molar-refractivity contribution < 1.29 is 4.79 Å². The van der Waals surface area contributed by atoms with Crippen LogP contribution in [0, 0.1) is 12.5 Å². The molecule has 1 aliphatic heterocycles. The Kier molecular flexibility index (Phi) is 6.46. The number of aromatic amines is 1. The first kappa shape index (κ1) is 23.2. The number of H-pyrrole nitrogens is 1. The number of fused-ring (bicyclic) bond motifs is 1. The third-order valence-electron chi connectivity index (χ3n) is 6.60. The maximum Gasteiger partial charge on any atom is 0.229 e. The molecule has 0 saturated carbocycles. The number of hydrogen-bond acceptors (Lipinski definition) is 6. The highest BCUT2D eigenvalue weighted by atomic mass is 16.1. The molecular weight excluding hydrogens is 450 g/mol. The molecule has 2 aromatic carbocycles. The van der Waals surface area contributed by atoms with Gasteiger partial charge in [-0.05, 0) is 48.6 Å². The van der Waals surface area contributed by atoms with Gasteiger partial charge in [0.15, 0.2) is 17.1 Å². The fourth-order valence-corrected chi connectivity index (χ4v) is 4.53. The monoisotopic (exact) mass is 477 g/mol. The predicted molar refractivity (Wildman–Crippen MR) is 143 cm³/mol. The minimum atomic E-state index is -0.0851. The van der Waals surface area contributed by atoms with E-state index in [0.717, 1.165) is 30.3 Å². The lowest BCUT2D eigenvalue weighted by Crippen LogP contribution is -2.32. The van der Waals surface area contributed by atoms with Gasteiger partial charge in [-0.2, -0.15) is 10.1 Å². The lowest BCUT2D eigenvalue weighted by atomic mass is 9.99. The Balaban J connectivity index is 1.51. The van der Waals surface area contributed by atoms with E-state index in [4.69, 9.17) is 11.6 Å². The van der Waals surface area contributed by atoms with Gasteiger partial charge in [0.05, 0.1) is 23.8 Å². The van der Waals surface area contributed by atoms with E-state index in [-0.39, 0.29) is 12.2 Å². The van der Waals surface area contributed by atoms with E-state index in [2.05, 4.69) is 55.9 Å². The van der Waals surface area contributed by atoms with Gasteiger partial charge in [-0.3, -0.25) is 9.89 Å². The van der Waals surface area contributed by atoms with E-state index in [0.29, 0.717) is 33.9 Å². The largest absolute Gasteiger partial charge is 0.371 e. The molecule has 0 aliphatic carbocycles. The fraction of sp³-hybridized carbons (Fsp3) is 0.250. The molecule has 0 radical (unpaired) electrons. The topological polar surface area (TPSA) is 91.2 Å². The smallest absolute Gasteiger partial charge is 0.229 e. The van der Waals surface area contributed by atoms with Crippen LogP contribution in [0.25, 0.3) is 27.1 Å². The minimum Gasteiger partial charge on any atom is -0.371 e. The van der Waals surface area contributed by atoms with Gasteiger partial charge < -0.3 is 10.2 Å². The van der Waals surface area contributed by atoms with Crippen LogP contribution >= 0.6 is 0 Å². The highest BCUT2D eigenvalue weighted by Crippen LogP contribution is 2.35. The van der Waals surface area contributed by atoms with Crippen LogP contribution in [-0.4, -0.2) is 39.0 Å². The molecule has 0 bridgehead atoms. The number of benzene rings is 2. The summed E-state index contributed by atoms with van der Waals surface area (Å²) < 4.78 is 0. The van der Waals surface area contributed by atoms with Crippen LogP contribution in [0.3, 0.4) is 0 Å². The normalized spacial score (nSPS) is 13.9. The van der Waals surface area contributed by atoms with Crippen LogP contribution in [-0.2, 0) is 11.2 Å². The molecule has 2 N–H and O–H groups in total. The molecule has 5 rings (SSSR count). The SMILES string of the molecule is [C-]#[N+]c1ccc(CC(=O)C=C)cc1-c1nc(Nc2cccc(N3CCC(C)CC3)c2)nc2[nH]ncc12. The maximum atomic E-state index is 11.9. The summed E-state index contributed by atoms with van der Waals surface area (Å²) in [6, 6.07) is 13.6. The second-order valence-corrected chi connectivity index (χ2v) is 9.18. The summed E-state index contributed by atoms with van der Waals surface area (Å²) in [6.45, 7) is 15.6. The van der Waals surface area contributed by atoms with E-state index >= 15 is 0 Å². The van der Waals surface area contributed by atoms with Crippen molar-refractivity contribution in [2.75, 3.05) is 23.3 Å². The van der Waals surface area contributed by atoms with Crippen molar-refractivity contribution in [3.05, 3.63) is 78.3 Å². The lowest BCUT2D eigenvalue weighted by molar-refractivity contribution is -0.114. The van der Waals surface area contributed by atoms with Gasteiger partial charge >= 0.3 is 0 Å². The summed E-state index contributed by atoms with van der Waals surface area (Å²) in [6.07, 6.45) is 5.56. The van der Waals surface area contributed by atoms with Gasteiger partial charge in [-0.15, -0.1) is 0 Å². The van der Waals surface area contributed by atoms with Crippen molar-refractivity contribution in [1.29, 1.82) is 0 Å². The number of piperidine rings is 1. The number of hydrogen-bond donors (Lipinski definition) is 2. The zero-order chi connectivity index (χ0) is 25.1. The second-order valence-electron chi connectivity index (χ2n) is 9.18. The molecule has 8 nitrogen and oxygen atoms in total. The van der Waals surface area contributed by atoms with Crippen molar-refractivity contribution in [2.24, 2.45) is 5.92 Å². The van der Waals surface area contributed by atoms with Crippen LogP contribution in [0.4, 0.5) is 23.0 Å². The molecule has 1 aliphatic rings. The molecule has 0 amide bonds. The third-order valence-corrected chi connectivity index (χ3v) is 6.60. The molecule has 2 aromatic heterocycles. The first-order valence-corrected chi connectivity index (χ1v) is 12.0. The number of nitrogens with zero attached hydrogens (tertiary/aromatic N) is 5. The summed E-state index contributed by atoms with van der Waals surface area (Å²) in [5.41, 5.74) is 5.06. The van der Waals surface area contributed by atoms with Gasteiger partial charge in [0.2, 0.25) is 5.95 Å². The Labute approximate surface area is 209 Å². The summed E-state index contributed by atoms with van der Waals surface area (Å²) in [7, 11) is 0. The van der Waals surface area contributed by atoms with Crippen molar-refractivity contribution in [3.8, 4) is 11.3 Å². The summed E-state index contributed by atoms with van der Waals surface area (Å²) >= 11 is 0. The van der Waals surface area contributed by atoms with Gasteiger partial charge in [0, 0.05) is 36.4 Å². The van der Waals surface area contributed by atoms with Crippen molar-refractivity contribution in [1.82, 2.24) is 20.2 Å². The Hall–Kier alpha value is -4.51. The number of carbonyl (C=O) groups excluding carboxylic acids is 1. The second kappa shape index (κ2) is 10.0. The number of nitrogens with one attached hydrogen (secondary N) is 2. The summed E-state index contributed by atoms with van der Waals surface area (Å²) in [5.74, 6) is 1.08. The van der Waals surface area contributed by atoms with E-state index < -0.39 is 0 Å². The number of aromatic nitrogens is 4. The standard InChI is InChI=1S/C28H27N7O/c1-4-22(36)14-19-8-9-25(29-3)23(15-19)26-24-17-30-34-27(24)33-28(32-26)31-20-6-5-7-21(16-20)35-12-10-18(2)11-13-35/h4-9,15-18H,1,10-14H2,2H3,(H2,30,31,32,33,34). The third kappa shape index (κ3) is 4.82. The number of carbonyl (C=O) groups is 1. The molecule has 3 heterocycles. The maximum absolute atomic E-state index is 11.9. The zero-order valence-electron chi connectivity index (χ0n) is 20.2. The molecule has 1 saturated heterocycles. The summed E-state index contributed by atoms with van der Waals surface area (Å²) in [4.78, 5) is 27.4. The molecule has 36 heavy (non-hydrogen) atoms. The molecular formula is C28H27N7O. The molecule has 4 aromatic rings. The first-order valence-electron chi connectivity index (χ1n) is 12.0. The molecule has 0 unspecified atom stereocenters. The number of rotatable bonds is 7. The predicted octanol–water partition coefficient (Wildman–Crippen LogP) is 5.85. The summed E-state index contributed by atoms with van der Waals surface area (Å²) in [5, 5.41) is 11.1. The minimum absolute atomic E-state index is 0.0851. The molecule has 0 spiro atoms. The van der Waals surface area contributed by atoms with Crippen LogP contribution < -0.4 is 10.2 Å². The molecule has 180 valence electrons. The molecule has 8 heteroatoms. The molecule has 0 atom stereocenters. The van der Waals surface area contributed by atoms with Gasteiger partial charge in [-0.25, -0.2) is 9.83 Å². The van der Waals surface area contributed by atoms with E-state index in [1.54, 1.807) is 18.3 Å². The van der Waals surface area contributed by atoms with Crippen LogP contribution in [0.5, 0.6) is 0 Å². The fourth-order valence-electron chi connectivity index (χ4n) is 4.53. The highest BCUT2D eigenvalue weighted by Gasteiger charge is 2.18. The van der Waals surface area contributed by atoms with E-state index in [1.165, 1.54) is 24.6 Å². The zero-order valence-corrected chi connectivity index (χ0v) is 20.2. The quantitative estimate of drug-likeness (QED) is 0.256. The molecule has 1 fully saturated rings.